The third-order valence-electron chi connectivity index (χ3n) is 1.93. The molecule has 1 aromatic heterocycles. The molecule has 0 bridgehead atoms. The number of nitrogens with zero attached hydrogens (tertiary/aromatic N) is 2. The summed E-state index contributed by atoms with van der Waals surface area (Å²) in [5, 5.41) is 8.81. The summed E-state index contributed by atoms with van der Waals surface area (Å²) >= 11 is 1.59. The number of carbonyl (C=O) groups is 1. The molecule has 4 nitrogen and oxygen atoms in total. The van der Waals surface area contributed by atoms with Crippen LogP contribution in [0.1, 0.15) is 17.7 Å². The third kappa shape index (κ3) is 3.91. The van der Waals surface area contributed by atoms with E-state index in [1.165, 1.54) is 7.11 Å². The van der Waals surface area contributed by atoms with Crippen LogP contribution >= 0.6 is 11.8 Å². The zero-order valence-corrected chi connectivity index (χ0v) is 9.79. The fourth-order valence-corrected chi connectivity index (χ4v) is 2.00. The van der Waals surface area contributed by atoms with Crippen molar-refractivity contribution in [2.75, 3.05) is 12.9 Å². The zero-order valence-electron chi connectivity index (χ0n) is 8.97. The van der Waals surface area contributed by atoms with Crippen LogP contribution in [0.5, 0.6) is 0 Å². The molecule has 5 heteroatoms. The van der Waals surface area contributed by atoms with Crippen LogP contribution in [0.25, 0.3) is 0 Å². The van der Waals surface area contributed by atoms with E-state index in [9.17, 15) is 4.79 Å². The van der Waals surface area contributed by atoms with Crippen molar-refractivity contribution in [3.05, 3.63) is 29.6 Å². The molecule has 1 rings (SSSR count). The molecule has 1 aromatic rings. The van der Waals surface area contributed by atoms with Gasteiger partial charge in [0.15, 0.2) is 0 Å². The van der Waals surface area contributed by atoms with Gasteiger partial charge in [0.25, 0.3) is 0 Å². The topological polar surface area (TPSA) is 63.0 Å². The summed E-state index contributed by atoms with van der Waals surface area (Å²) in [4.78, 5) is 14.8. The highest BCUT2D eigenvalue weighted by Crippen LogP contribution is 2.15. The van der Waals surface area contributed by atoms with Crippen LogP contribution in [0.15, 0.2) is 18.3 Å². The number of pyridine rings is 1. The molecular formula is C11H12N2O2S. The van der Waals surface area contributed by atoms with Crippen LogP contribution in [0, 0.1) is 11.3 Å². The number of esters is 1. The Morgan fingerprint density at radius 2 is 2.50 bits per heavy atom. The molecular weight excluding hydrogens is 224 g/mol. The predicted molar refractivity (Wildman–Crippen MR) is 61.7 cm³/mol. The minimum atomic E-state index is -0.209. The quantitative estimate of drug-likeness (QED) is 0.575. The molecule has 0 spiro atoms. The van der Waals surface area contributed by atoms with Gasteiger partial charge in [-0.3, -0.25) is 4.79 Å². The summed E-state index contributed by atoms with van der Waals surface area (Å²) in [7, 11) is 1.38. The van der Waals surface area contributed by atoms with Crippen LogP contribution in [0.3, 0.4) is 0 Å². The fraction of sp³-hybridized carbons (Fsp3) is 0.364. The van der Waals surface area contributed by atoms with Gasteiger partial charge in [0.05, 0.1) is 13.5 Å². The predicted octanol–water partition coefficient (Wildman–Crippen LogP) is 1.75. The van der Waals surface area contributed by atoms with E-state index in [0.29, 0.717) is 23.6 Å². The van der Waals surface area contributed by atoms with Gasteiger partial charge in [-0.25, -0.2) is 4.98 Å². The molecule has 0 saturated heterocycles. The Balaban J connectivity index is 2.38. The van der Waals surface area contributed by atoms with Gasteiger partial charge in [-0.1, -0.05) is 6.07 Å². The van der Waals surface area contributed by atoms with Gasteiger partial charge in [-0.2, -0.15) is 17.0 Å². The van der Waals surface area contributed by atoms with Gasteiger partial charge in [-0.05, 0) is 11.6 Å². The first-order valence-electron chi connectivity index (χ1n) is 4.76. The molecule has 84 valence electrons. The SMILES string of the molecule is COC(=O)CCSCc1cccnc1C#N. The molecule has 0 saturated carbocycles. The van der Waals surface area contributed by atoms with E-state index in [1.807, 2.05) is 12.1 Å². The average Bonchev–Trinajstić information content (AvgIpc) is 2.34. The molecule has 0 unspecified atom stereocenters. The molecule has 16 heavy (non-hydrogen) atoms. The maximum Gasteiger partial charge on any atom is 0.306 e. The van der Waals surface area contributed by atoms with Crippen molar-refractivity contribution in [1.82, 2.24) is 4.98 Å². The summed E-state index contributed by atoms with van der Waals surface area (Å²) in [5.41, 5.74) is 1.35. The van der Waals surface area contributed by atoms with Crippen molar-refractivity contribution in [1.29, 1.82) is 5.26 Å². The maximum absolute atomic E-state index is 10.8. The Kier molecular flexibility index (Phi) is 5.37. The van der Waals surface area contributed by atoms with Crippen molar-refractivity contribution in [3.63, 3.8) is 0 Å². The number of hydrogen-bond donors (Lipinski definition) is 0. The molecule has 0 N–H and O–H groups in total. The lowest BCUT2D eigenvalue weighted by Crippen LogP contribution is -2.01. The van der Waals surface area contributed by atoms with E-state index in [0.717, 1.165) is 5.56 Å². The van der Waals surface area contributed by atoms with E-state index in [1.54, 1.807) is 24.0 Å². The standard InChI is InChI=1S/C11H12N2O2S/c1-15-11(14)4-6-16-8-9-3-2-5-13-10(9)7-12/h2-3,5H,4,6,8H2,1H3. The number of nitriles is 1. The van der Waals surface area contributed by atoms with E-state index >= 15 is 0 Å². The van der Waals surface area contributed by atoms with Gasteiger partial charge in [-0.15, -0.1) is 0 Å². The number of methoxy groups -OCH3 is 1. The highest BCUT2D eigenvalue weighted by atomic mass is 32.2. The molecule has 0 amide bonds. The van der Waals surface area contributed by atoms with Gasteiger partial charge in [0.1, 0.15) is 11.8 Å². The second kappa shape index (κ2) is 6.85. The van der Waals surface area contributed by atoms with Crippen LogP contribution in [0.2, 0.25) is 0 Å². The van der Waals surface area contributed by atoms with Gasteiger partial charge in [0.2, 0.25) is 0 Å². The lowest BCUT2D eigenvalue weighted by molar-refractivity contribution is -0.140. The van der Waals surface area contributed by atoms with Crippen molar-refractivity contribution in [2.24, 2.45) is 0 Å². The molecule has 0 fully saturated rings. The minimum Gasteiger partial charge on any atom is -0.469 e. The van der Waals surface area contributed by atoms with Crippen LogP contribution in [-0.2, 0) is 15.3 Å². The zero-order chi connectivity index (χ0) is 11.8. The summed E-state index contributed by atoms with van der Waals surface area (Å²) in [6.07, 6.45) is 1.99. The number of ether oxygens (including phenoxy) is 1. The van der Waals surface area contributed by atoms with Crippen LogP contribution in [0.4, 0.5) is 0 Å². The highest BCUT2D eigenvalue weighted by Gasteiger charge is 2.04. The average molecular weight is 236 g/mol. The van der Waals surface area contributed by atoms with Gasteiger partial charge >= 0.3 is 5.97 Å². The lowest BCUT2D eigenvalue weighted by Gasteiger charge is -2.02. The molecule has 0 aromatic carbocycles. The van der Waals surface area contributed by atoms with Gasteiger partial charge in [0, 0.05) is 17.7 Å². The first-order chi connectivity index (χ1) is 7.77. The van der Waals surface area contributed by atoms with Crippen LogP contribution < -0.4 is 0 Å². The number of thioether (sulfide) groups is 1. The number of aromatic nitrogens is 1. The minimum absolute atomic E-state index is 0.209. The number of rotatable bonds is 5. The monoisotopic (exact) mass is 236 g/mol. The Morgan fingerprint density at radius 3 is 3.19 bits per heavy atom. The summed E-state index contributed by atoms with van der Waals surface area (Å²) in [6, 6.07) is 5.71. The molecule has 1 heterocycles. The summed E-state index contributed by atoms with van der Waals surface area (Å²) in [5.74, 6) is 1.17. The fourth-order valence-electron chi connectivity index (χ4n) is 1.10. The first-order valence-corrected chi connectivity index (χ1v) is 5.92. The molecule has 0 aliphatic carbocycles. The Labute approximate surface area is 98.6 Å². The first kappa shape index (κ1) is 12.5. The van der Waals surface area contributed by atoms with Crippen LogP contribution in [-0.4, -0.2) is 23.8 Å². The Morgan fingerprint density at radius 1 is 1.69 bits per heavy atom. The van der Waals surface area contributed by atoms with Crippen molar-refractivity contribution in [2.45, 2.75) is 12.2 Å². The van der Waals surface area contributed by atoms with E-state index < -0.39 is 0 Å². The third-order valence-corrected chi connectivity index (χ3v) is 2.94. The molecule has 0 atom stereocenters. The van der Waals surface area contributed by atoms with Crippen molar-refractivity contribution in [3.8, 4) is 6.07 Å². The maximum atomic E-state index is 10.8. The van der Waals surface area contributed by atoms with Crippen molar-refractivity contribution < 1.29 is 9.53 Å². The highest BCUT2D eigenvalue weighted by molar-refractivity contribution is 7.98. The largest absolute Gasteiger partial charge is 0.469 e. The Bertz CT molecular complexity index is 401. The molecule has 0 radical (unpaired) electrons. The van der Waals surface area contributed by atoms with E-state index in [2.05, 4.69) is 9.72 Å². The Hall–Kier alpha value is -1.54. The second-order valence-electron chi connectivity index (χ2n) is 3.00. The van der Waals surface area contributed by atoms with Gasteiger partial charge < -0.3 is 4.74 Å². The summed E-state index contributed by atoms with van der Waals surface area (Å²) in [6.45, 7) is 0. The van der Waals surface area contributed by atoms with E-state index in [4.69, 9.17) is 5.26 Å². The number of carbonyl (C=O) groups excluding carboxylic acids is 1. The summed E-state index contributed by atoms with van der Waals surface area (Å²) < 4.78 is 4.53. The molecule has 0 aliphatic rings. The van der Waals surface area contributed by atoms with Crippen molar-refractivity contribution >= 4 is 17.7 Å². The normalized spacial score (nSPS) is 9.50. The molecule has 0 aliphatic heterocycles. The number of hydrogen-bond acceptors (Lipinski definition) is 5. The second-order valence-corrected chi connectivity index (χ2v) is 4.11. The van der Waals surface area contributed by atoms with E-state index in [-0.39, 0.29) is 5.97 Å². The smallest absolute Gasteiger partial charge is 0.306 e. The lowest BCUT2D eigenvalue weighted by atomic mass is 10.2.